The van der Waals surface area contributed by atoms with E-state index in [-0.39, 0.29) is 23.0 Å². The van der Waals surface area contributed by atoms with Gasteiger partial charge in [-0.3, -0.25) is 14.9 Å². The van der Waals surface area contributed by atoms with Gasteiger partial charge in [0.25, 0.3) is 5.69 Å². The number of anilines is 1. The monoisotopic (exact) mass is 267 g/mol. The number of nitrogens with two attached hydrogens (primary N) is 1. The summed E-state index contributed by atoms with van der Waals surface area (Å²) in [7, 11) is 0. The van der Waals surface area contributed by atoms with Gasteiger partial charge in [-0.1, -0.05) is 0 Å². The minimum Gasteiger partial charge on any atom is -0.377 e. The van der Waals surface area contributed by atoms with Crippen molar-refractivity contribution in [2.75, 3.05) is 18.5 Å². The van der Waals surface area contributed by atoms with Crippen molar-refractivity contribution in [3.05, 3.63) is 33.9 Å². The number of rotatable bonds is 7. The summed E-state index contributed by atoms with van der Waals surface area (Å²) in [4.78, 5) is 21.4. The van der Waals surface area contributed by atoms with E-state index in [1.807, 2.05) is 13.8 Å². The summed E-state index contributed by atoms with van der Waals surface area (Å²) in [6, 6.07) is 3.96. The van der Waals surface area contributed by atoms with E-state index in [1.165, 1.54) is 18.2 Å². The van der Waals surface area contributed by atoms with Gasteiger partial charge in [0, 0.05) is 18.2 Å². The number of hydrogen-bond donors (Lipinski definition) is 2. The molecule has 19 heavy (non-hydrogen) atoms. The summed E-state index contributed by atoms with van der Waals surface area (Å²) in [6.07, 6.45) is 0.0914. The fourth-order valence-corrected chi connectivity index (χ4v) is 1.47. The minimum absolute atomic E-state index is 0.0914. The zero-order valence-electron chi connectivity index (χ0n) is 10.9. The van der Waals surface area contributed by atoms with Gasteiger partial charge in [-0.2, -0.15) is 0 Å². The third-order valence-corrected chi connectivity index (χ3v) is 2.35. The quantitative estimate of drug-likeness (QED) is 0.442. The second-order valence-electron chi connectivity index (χ2n) is 4.20. The molecular weight excluding hydrogens is 250 g/mol. The van der Waals surface area contributed by atoms with Gasteiger partial charge >= 0.3 is 0 Å². The summed E-state index contributed by atoms with van der Waals surface area (Å²) in [5.41, 5.74) is 5.52. The van der Waals surface area contributed by atoms with Crippen LogP contribution in [0.3, 0.4) is 0 Å². The fraction of sp³-hybridized carbons (Fsp3) is 0.417. The van der Waals surface area contributed by atoms with E-state index in [2.05, 4.69) is 5.32 Å². The molecule has 0 saturated heterocycles. The lowest BCUT2D eigenvalue weighted by atomic mass is 10.1. The van der Waals surface area contributed by atoms with E-state index in [1.54, 1.807) is 0 Å². The summed E-state index contributed by atoms with van der Waals surface area (Å²) >= 11 is 0. The highest BCUT2D eigenvalue weighted by atomic mass is 16.6. The van der Waals surface area contributed by atoms with E-state index >= 15 is 0 Å². The van der Waals surface area contributed by atoms with Gasteiger partial charge in [0.2, 0.25) is 5.91 Å². The number of benzene rings is 1. The molecule has 0 radical (unpaired) electrons. The van der Waals surface area contributed by atoms with E-state index in [0.29, 0.717) is 13.2 Å². The highest BCUT2D eigenvalue weighted by molar-refractivity contribution is 5.94. The molecule has 7 nitrogen and oxygen atoms in total. The molecule has 0 bridgehead atoms. The number of nitro groups is 1. The molecule has 3 N–H and O–H groups in total. The Hall–Kier alpha value is -2.15. The van der Waals surface area contributed by atoms with Gasteiger partial charge in [-0.25, -0.2) is 0 Å². The highest BCUT2D eigenvalue weighted by Crippen LogP contribution is 2.25. The SMILES string of the molecule is CC(C)OCCNc1cc(C(N)=O)ccc1[N+](=O)[O-]. The maximum atomic E-state index is 11.1. The summed E-state index contributed by atoms with van der Waals surface area (Å²) in [5.74, 6) is -0.628. The average Bonchev–Trinajstić information content (AvgIpc) is 2.33. The summed E-state index contributed by atoms with van der Waals surface area (Å²) in [6.45, 7) is 4.61. The number of ether oxygens (including phenoxy) is 1. The van der Waals surface area contributed by atoms with Gasteiger partial charge in [-0.05, 0) is 26.0 Å². The van der Waals surface area contributed by atoms with Gasteiger partial charge < -0.3 is 15.8 Å². The van der Waals surface area contributed by atoms with E-state index in [9.17, 15) is 14.9 Å². The van der Waals surface area contributed by atoms with Crippen molar-refractivity contribution in [3.8, 4) is 0 Å². The molecule has 0 saturated carbocycles. The summed E-state index contributed by atoms with van der Waals surface area (Å²) in [5, 5.41) is 13.7. The second kappa shape index (κ2) is 6.69. The lowest BCUT2D eigenvalue weighted by molar-refractivity contribution is -0.384. The third kappa shape index (κ3) is 4.55. The van der Waals surface area contributed by atoms with Gasteiger partial charge in [0.1, 0.15) is 5.69 Å². The molecule has 0 aliphatic carbocycles. The van der Waals surface area contributed by atoms with Crippen LogP contribution in [-0.4, -0.2) is 30.1 Å². The normalized spacial score (nSPS) is 10.5. The average molecular weight is 267 g/mol. The fourth-order valence-electron chi connectivity index (χ4n) is 1.47. The van der Waals surface area contributed by atoms with Gasteiger partial charge in [0.05, 0.1) is 17.6 Å². The lowest BCUT2D eigenvalue weighted by Crippen LogP contribution is -2.15. The number of nitrogens with zero attached hydrogens (tertiary/aromatic N) is 1. The van der Waals surface area contributed by atoms with Crippen molar-refractivity contribution in [2.24, 2.45) is 5.73 Å². The maximum absolute atomic E-state index is 11.1. The van der Waals surface area contributed by atoms with Crippen molar-refractivity contribution < 1.29 is 14.5 Å². The number of amides is 1. The number of carbonyl (C=O) groups is 1. The number of hydrogen-bond acceptors (Lipinski definition) is 5. The van der Waals surface area contributed by atoms with Crippen LogP contribution < -0.4 is 11.1 Å². The van der Waals surface area contributed by atoms with E-state index in [4.69, 9.17) is 10.5 Å². The van der Waals surface area contributed by atoms with Gasteiger partial charge in [-0.15, -0.1) is 0 Å². The number of nitrogens with one attached hydrogen (secondary N) is 1. The first-order valence-electron chi connectivity index (χ1n) is 5.85. The van der Waals surface area contributed by atoms with Crippen LogP contribution in [0, 0.1) is 10.1 Å². The van der Waals surface area contributed by atoms with Crippen molar-refractivity contribution in [1.29, 1.82) is 0 Å². The Bertz CT molecular complexity index is 474. The predicted molar refractivity (Wildman–Crippen MR) is 71.2 cm³/mol. The largest absolute Gasteiger partial charge is 0.377 e. The molecule has 0 fully saturated rings. The molecule has 7 heteroatoms. The highest BCUT2D eigenvalue weighted by Gasteiger charge is 2.15. The van der Waals surface area contributed by atoms with Crippen LogP contribution in [0.5, 0.6) is 0 Å². The molecule has 0 unspecified atom stereocenters. The topological polar surface area (TPSA) is 107 Å². The molecule has 1 amide bonds. The van der Waals surface area contributed by atoms with Crippen LogP contribution >= 0.6 is 0 Å². The molecule has 1 aromatic carbocycles. The molecule has 0 heterocycles. The zero-order chi connectivity index (χ0) is 14.4. The van der Waals surface area contributed by atoms with E-state index < -0.39 is 10.8 Å². The molecule has 0 aliphatic heterocycles. The Kier molecular flexibility index (Phi) is 5.25. The number of primary amides is 1. The van der Waals surface area contributed by atoms with Crippen LogP contribution in [0.25, 0.3) is 0 Å². The molecule has 0 aliphatic rings. The maximum Gasteiger partial charge on any atom is 0.292 e. The van der Waals surface area contributed by atoms with Crippen LogP contribution in [0.15, 0.2) is 18.2 Å². The lowest BCUT2D eigenvalue weighted by Gasteiger charge is -2.10. The van der Waals surface area contributed by atoms with Crippen molar-refractivity contribution in [1.82, 2.24) is 0 Å². The van der Waals surface area contributed by atoms with Crippen molar-refractivity contribution in [3.63, 3.8) is 0 Å². The molecule has 1 rings (SSSR count). The summed E-state index contributed by atoms with van der Waals surface area (Å²) < 4.78 is 5.32. The minimum atomic E-state index is -0.628. The second-order valence-corrected chi connectivity index (χ2v) is 4.20. The van der Waals surface area contributed by atoms with E-state index in [0.717, 1.165) is 0 Å². The number of nitro benzene ring substituents is 1. The third-order valence-electron chi connectivity index (χ3n) is 2.35. The Balaban J connectivity index is 2.80. The molecule has 104 valence electrons. The van der Waals surface area contributed by atoms with Crippen LogP contribution in [0.1, 0.15) is 24.2 Å². The molecule has 0 atom stereocenters. The van der Waals surface area contributed by atoms with Crippen molar-refractivity contribution in [2.45, 2.75) is 20.0 Å². The molecule has 0 spiro atoms. The molecule has 1 aromatic rings. The molecular formula is C12H17N3O4. The first kappa shape index (κ1) is 14.9. The number of carbonyl (C=O) groups excluding carboxylic acids is 1. The molecule has 0 aromatic heterocycles. The Morgan fingerprint density at radius 3 is 2.74 bits per heavy atom. The van der Waals surface area contributed by atoms with Crippen molar-refractivity contribution >= 4 is 17.3 Å². The zero-order valence-corrected chi connectivity index (χ0v) is 10.9. The van der Waals surface area contributed by atoms with Gasteiger partial charge in [0.15, 0.2) is 0 Å². The predicted octanol–water partition coefficient (Wildman–Crippen LogP) is 1.53. The standard InChI is InChI=1S/C12H17N3O4/c1-8(2)19-6-5-14-10-7-9(12(13)16)3-4-11(10)15(17)18/h3-4,7-8,14H,5-6H2,1-2H3,(H2,13,16). The van der Waals surface area contributed by atoms with Crippen LogP contribution in [-0.2, 0) is 4.74 Å². The van der Waals surface area contributed by atoms with Crippen LogP contribution in [0.4, 0.5) is 11.4 Å². The Morgan fingerprint density at radius 1 is 1.53 bits per heavy atom. The first-order valence-corrected chi connectivity index (χ1v) is 5.85. The van der Waals surface area contributed by atoms with Crippen LogP contribution in [0.2, 0.25) is 0 Å². The first-order chi connectivity index (χ1) is 8.91. The Labute approximate surface area is 110 Å². The Morgan fingerprint density at radius 2 is 2.21 bits per heavy atom. The smallest absolute Gasteiger partial charge is 0.292 e.